The van der Waals surface area contributed by atoms with E-state index in [0.29, 0.717) is 18.0 Å². The summed E-state index contributed by atoms with van der Waals surface area (Å²) >= 11 is 0. The largest absolute Gasteiger partial charge is 0.363 e. The van der Waals surface area contributed by atoms with Crippen molar-refractivity contribution in [3.05, 3.63) is 47.7 Å². The quantitative estimate of drug-likeness (QED) is 0.788. The van der Waals surface area contributed by atoms with Gasteiger partial charge in [-0.2, -0.15) is 4.31 Å². The highest BCUT2D eigenvalue weighted by molar-refractivity contribution is 7.89. The third kappa shape index (κ3) is 3.61. The molecule has 0 atom stereocenters. The van der Waals surface area contributed by atoms with Gasteiger partial charge in [0.15, 0.2) is 0 Å². The summed E-state index contributed by atoms with van der Waals surface area (Å²) in [5.74, 6) is 0.973. The molecule has 7 heteroatoms. The van der Waals surface area contributed by atoms with E-state index in [-0.39, 0.29) is 0 Å². The van der Waals surface area contributed by atoms with Crippen molar-refractivity contribution in [3.63, 3.8) is 0 Å². The van der Waals surface area contributed by atoms with Gasteiger partial charge in [-0.25, -0.2) is 13.4 Å². The van der Waals surface area contributed by atoms with Crippen LogP contribution in [0, 0.1) is 13.8 Å². The molecular formula is C21H29N4O2S+. The number of piperazine rings is 1. The molecule has 150 valence electrons. The summed E-state index contributed by atoms with van der Waals surface area (Å²) in [6.07, 6.45) is 3.54. The Morgan fingerprint density at radius 2 is 1.54 bits per heavy atom. The van der Waals surface area contributed by atoms with Gasteiger partial charge in [0.25, 0.3) is 5.82 Å². The molecule has 2 aromatic rings. The first-order valence-corrected chi connectivity index (χ1v) is 11.5. The van der Waals surface area contributed by atoms with E-state index >= 15 is 0 Å². The second-order valence-electron chi connectivity index (χ2n) is 7.71. The lowest BCUT2D eigenvalue weighted by molar-refractivity contribution is -0.367. The smallest absolute Gasteiger partial charge is 0.274 e. The predicted molar refractivity (Wildman–Crippen MR) is 111 cm³/mol. The highest BCUT2D eigenvalue weighted by atomic mass is 32.2. The average molecular weight is 402 g/mol. The molecule has 0 amide bonds. The van der Waals surface area contributed by atoms with E-state index in [4.69, 9.17) is 0 Å². The van der Waals surface area contributed by atoms with Gasteiger partial charge >= 0.3 is 0 Å². The Bertz CT molecular complexity index is 929. The normalized spacial score (nSPS) is 18.6. The van der Waals surface area contributed by atoms with Crippen LogP contribution in [0.15, 0.2) is 41.4 Å². The van der Waals surface area contributed by atoms with Crippen molar-refractivity contribution in [2.75, 3.05) is 49.1 Å². The maximum Gasteiger partial charge on any atom is 0.274 e. The van der Waals surface area contributed by atoms with Crippen LogP contribution in [0.4, 0.5) is 11.5 Å². The SMILES string of the molecule is Cc1cccc(N2CCN(c3ccc(S(=O)(=O)N4CCCC4)c[nH+]3)CC2)c1C. The number of pyridine rings is 1. The van der Waals surface area contributed by atoms with Crippen molar-refractivity contribution < 1.29 is 13.4 Å². The van der Waals surface area contributed by atoms with Crippen molar-refractivity contribution in [2.45, 2.75) is 31.6 Å². The zero-order chi connectivity index (χ0) is 19.7. The fourth-order valence-corrected chi connectivity index (χ4v) is 5.59. The Hall–Kier alpha value is -2.12. The van der Waals surface area contributed by atoms with Crippen molar-refractivity contribution >= 4 is 21.5 Å². The summed E-state index contributed by atoms with van der Waals surface area (Å²) in [5.41, 5.74) is 3.98. The average Bonchev–Trinajstić information content (AvgIpc) is 3.26. The van der Waals surface area contributed by atoms with Crippen LogP contribution in [0.25, 0.3) is 0 Å². The van der Waals surface area contributed by atoms with Gasteiger partial charge in [-0.3, -0.25) is 4.90 Å². The number of aromatic nitrogens is 1. The minimum atomic E-state index is -3.36. The third-order valence-electron chi connectivity index (χ3n) is 6.01. The van der Waals surface area contributed by atoms with Crippen LogP contribution in [0.1, 0.15) is 24.0 Å². The number of benzene rings is 1. The Morgan fingerprint density at radius 3 is 2.18 bits per heavy atom. The van der Waals surface area contributed by atoms with E-state index in [0.717, 1.165) is 44.8 Å². The molecule has 0 spiro atoms. The molecule has 2 aliphatic heterocycles. The Balaban J connectivity index is 1.43. The highest BCUT2D eigenvalue weighted by Gasteiger charge is 2.29. The van der Waals surface area contributed by atoms with Crippen LogP contribution < -0.4 is 14.8 Å². The maximum atomic E-state index is 12.7. The summed E-state index contributed by atoms with van der Waals surface area (Å²) < 4.78 is 26.9. The predicted octanol–water partition coefficient (Wildman–Crippen LogP) is 2.23. The van der Waals surface area contributed by atoms with E-state index in [9.17, 15) is 8.42 Å². The molecular weight excluding hydrogens is 372 g/mol. The highest BCUT2D eigenvalue weighted by Crippen LogP contribution is 2.25. The molecule has 0 saturated carbocycles. The molecule has 0 aliphatic carbocycles. The van der Waals surface area contributed by atoms with E-state index in [1.54, 1.807) is 16.6 Å². The fraction of sp³-hybridized carbons (Fsp3) is 0.476. The lowest BCUT2D eigenvalue weighted by atomic mass is 10.1. The van der Waals surface area contributed by atoms with E-state index in [2.05, 4.69) is 46.8 Å². The molecule has 1 aromatic heterocycles. The summed E-state index contributed by atoms with van der Waals surface area (Å²) in [5, 5.41) is 0. The van der Waals surface area contributed by atoms with Crippen molar-refractivity contribution in [1.82, 2.24) is 4.31 Å². The van der Waals surface area contributed by atoms with Crippen molar-refractivity contribution in [3.8, 4) is 0 Å². The number of hydrogen-bond donors (Lipinski definition) is 0. The molecule has 2 fully saturated rings. The molecule has 0 radical (unpaired) electrons. The van der Waals surface area contributed by atoms with Gasteiger partial charge in [-0.1, -0.05) is 12.1 Å². The molecule has 1 N–H and O–H groups in total. The standard InChI is InChI=1S/C21H28N4O2S/c1-17-6-5-7-20(18(17)2)23-12-14-24(15-13-23)21-9-8-19(16-22-21)28(26,27)25-10-3-4-11-25/h5-9,16H,3-4,10-15H2,1-2H3/p+1. The summed E-state index contributed by atoms with van der Waals surface area (Å²) in [4.78, 5) is 8.29. The van der Waals surface area contributed by atoms with Crippen LogP contribution in [0.3, 0.4) is 0 Å². The molecule has 0 bridgehead atoms. The third-order valence-corrected chi connectivity index (χ3v) is 7.90. The summed E-state index contributed by atoms with van der Waals surface area (Å²) in [6, 6.07) is 10.1. The zero-order valence-electron chi connectivity index (χ0n) is 16.7. The van der Waals surface area contributed by atoms with Gasteiger partial charge < -0.3 is 4.90 Å². The number of H-pyrrole nitrogens is 1. The molecule has 2 saturated heterocycles. The van der Waals surface area contributed by atoms with Gasteiger partial charge in [0.1, 0.15) is 24.2 Å². The molecule has 3 heterocycles. The molecule has 0 unspecified atom stereocenters. The number of aryl methyl sites for hydroxylation is 1. The molecule has 2 aliphatic rings. The van der Waals surface area contributed by atoms with Gasteiger partial charge in [0.2, 0.25) is 10.0 Å². The Kier molecular flexibility index (Phi) is 5.29. The monoisotopic (exact) mass is 401 g/mol. The van der Waals surface area contributed by atoms with Gasteiger partial charge in [0.05, 0.1) is 13.1 Å². The number of anilines is 2. The first-order chi connectivity index (χ1) is 13.5. The fourth-order valence-electron chi connectivity index (χ4n) is 4.10. The number of nitrogens with one attached hydrogen (secondary N) is 1. The minimum absolute atomic E-state index is 0.354. The molecule has 6 nitrogen and oxygen atoms in total. The number of sulfonamides is 1. The van der Waals surface area contributed by atoms with Gasteiger partial charge in [-0.05, 0) is 49.9 Å². The van der Waals surface area contributed by atoms with Crippen molar-refractivity contribution in [2.24, 2.45) is 0 Å². The number of aromatic amines is 1. The van der Waals surface area contributed by atoms with Crippen LogP contribution in [-0.2, 0) is 10.0 Å². The summed E-state index contributed by atoms with van der Waals surface area (Å²) in [7, 11) is -3.36. The Morgan fingerprint density at radius 1 is 0.857 bits per heavy atom. The molecule has 28 heavy (non-hydrogen) atoms. The second-order valence-corrected chi connectivity index (χ2v) is 9.65. The maximum absolute atomic E-state index is 12.7. The lowest BCUT2D eigenvalue weighted by Crippen LogP contribution is -2.48. The van der Waals surface area contributed by atoms with Crippen LogP contribution >= 0.6 is 0 Å². The van der Waals surface area contributed by atoms with E-state index < -0.39 is 10.0 Å². The van der Waals surface area contributed by atoms with Gasteiger partial charge in [-0.15, -0.1) is 0 Å². The number of rotatable bonds is 4. The molecule has 4 rings (SSSR count). The van der Waals surface area contributed by atoms with Crippen molar-refractivity contribution in [1.29, 1.82) is 0 Å². The van der Waals surface area contributed by atoms with Crippen LogP contribution in [0.5, 0.6) is 0 Å². The van der Waals surface area contributed by atoms with E-state index in [1.165, 1.54) is 16.8 Å². The summed E-state index contributed by atoms with van der Waals surface area (Å²) in [6.45, 7) is 9.31. The molecule has 1 aromatic carbocycles. The lowest BCUT2D eigenvalue weighted by Gasteiger charge is -2.33. The number of hydrogen-bond acceptors (Lipinski definition) is 4. The topological polar surface area (TPSA) is 58.0 Å². The Labute approximate surface area is 167 Å². The van der Waals surface area contributed by atoms with Gasteiger partial charge in [0, 0.05) is 24.8 Å². The first-order valence-electron chi connectivity index (χ1n) is 10.0. The number of nitrogens with zero attached hydrogens (tertiary/aromatic N) is 3. The van der Waals surface area contributed by atoms with Crippen LogP contribution in [0.2, 0.25) is 0 Å². The van der Waals surface area contributed by atoms with E-state index in [1.807, 2.05) is 6.07 Å². The second kappa shape index (κ2) is 7.72. The zero-order valence-corrected chi connectivity index (χ0v) is 17.5. The minimum Gasteiger partial charge on any atom is -0.363 e. The van der Waals surface area contributed by atoms with Crippen LogP contribution in [-0.4, -0.2) is 52.0 Å². The first kappa shape index (κ1) is 19.2.